The van der Waals surface area contributed by atoms with Crippen LogP contribution in [0.4, 0.5) is 0 Å². The number of carbonyl (C=O) groups excluding carboxylic acids is 1. The van der Waals surface area contributed by atoms with Crippen LogP contribution in [0.15, 0.2) is 76.2 Å². The highest BCUT2D eigenvalue weighted by molar-refractivity contribution is 9.10. The predicted octanol–water partition coefficient (Wildman–Crippen LogP) is 5.68. The molecule has 0 spiro atoms. The average molecular weight is 479 g/mol. The van der Waals surface area contributed by atoms with Crippen LogP contribution in [0.25, 0.3) is 16.9 Å². The number of rotatable bonds is 6. The largest absolute Gasteiger partial charge is 0.293 e. The topological polar surface area (TPSA) is 60.7 Å². The summed E-state index contributed by atoms with van der Waals surface area (Å²) in [7, 11) is 0. The zero-order valence-electron chi connectivity index (χ0n) is 16.5. The molecule has 4 aromatic rings. The Morgan fingerprint density at radius 1 is 0.933 bits per heavy atom. The van der Waals surface area contributed by atoms with Gasteiger partial charge in [-0.2, -0.15) is 5.10 Å². The SMILES string of the molecule is Cc1cc(C)n(-c2ccc(SCC(=O)c3ccc(-c4ccc(Br)cc4)cc3)nn2)n1. The van der Waals surface area contributed by atoms with Gasteiger partial charge in [0.1, 0.15) is 5.03 Å². The molecule has 2 heterocycles. The fraction of sp³-hybridized carbons (Fsp3) is 0.130. The maximum atomic E-state index is 12.6. The molecule has 0 saturated carbocycles. The molecule has 0 aliphatic heterocycles. The zero-order valence-corrected chi connectivity index (χ0v) is 18.9. The van der Waals surface area contributed by atoms with Crippen LogP contribution < -0.4 is 0 Å². The molecular formula is C23H19BrN4OS. The lowest BCUT2D eigenvalue weighted by molar-refractivity contribution is 0.102. The van der Waals surface area contributed by atoms with Gasteiger partial charge in [-0.1, -0.05) is 64.1 Å². The predicted molar refractivity (Wildman–Crippen MR) is 123 cm³/mol. The molecule has 2 aromatic heterocycles. The molecule has 7 heteroatoms. The number of carbonyl (C=O) groups is 1. The molecule has 0 atom stereocenters. The van der Waals surface area contributed by atoms with Crippen LogP contribution >= 0.6 is 27.7 Å². The van der Waals surface area contributed by atoms with E-state index in [4.69, 9.17) is 0 Å². The second-order valence-corrected chi connectivity index (χ2v) is 8.78. The maximum absolute atomic E-state index is 12.6. The summed E-state index contributed by atoms with van der Waals surface area (Å²) in [6, 6.07) is 21.5. The van der Waals surface area contributed by atoms with E-state index in [1.165, 1.54) is 11.8 Å². The van der Waals surface area contributed by atoms with Crippen LogP contribution in [0.2, 0.25) is 0 Å². The van der Waals surface area contributed by atoms with E-state index in [0.717, 1.165) is 27.0 Å². The summed E-state index contributed by atoms with van der Waals surface area (Å²) in [4.78, 5) is 12.6. The lowest BCUT2D eigenvalue weighted by Gasteiger charge is -2.05. The molecule has 5 nitrogen and oxygen atoms in total. The fourth-order valence-corrected chi connectivity index (χ4v) is 4.05. The normalized spacial score (nSPS) is 10.9. The number of benzene rings is 2. The standard InChI is InChI=1S/C23H19BrN4OS/c1-15-13-16(2)28(27-15)22-11-12-23(26-25-22)30-14-21(29)19-5-3-17(4-6-19)18-7-9-20(24)10-8-18/h3-13H,14H2,1-2H3. The number of Topliss-reactive ketones (excluding diaryl/α,β-unsaturated/α-hetero) is 1. The molecule has 2 aromatic carbocycles. The lowest BCUT2D eigenvalue weighted by Crippen LogP contribution is -2.05. The van der Waals surface area contributed by atoms with E-state index < -0.39 is 0 Å². The summed E-state index contributed by atoms with van der Waals surface area (Å²) in [5.74, 6) is 1.04. The minimum absolute atomic E-state index is 0.0618. The van der Waals surface area contributed by atoms with Crippen molar-refractivity contribution in [2.75, 3.05) is 5.75 Å². The van der Waals surface area contributed by atoms with E-state index in [-0.39, 0.29) is 5.78 Å². The lowest BCUT2D eigenvalue weighted by atomic mass is 10.0. The molecule has 0 saturated heterocycles. The number of halogens is 1. The quantitative estimate of drug-likeness (QED) is 0.263. The summed E-state index contributed by atoms with van der Waals surface area (Å²) in [5.41, 5.74) is 4.82. The molecule has 30 heavy (non-hydrogen) atoms. The third-order valence-electron chi connectivity index (χ3n) is 4.59. The number of nitrogens with zero attached hydrogens (tertiary/aromatic N) is 4. The van der Waals surface area contributed by atoms with Crippen molar-refractivity contribution >= 4 is 33.5 Å². The smallest absolute Gasteiger partial charge is 0.175 e. The molecule has 4 rings (SSSR count). The molecule has 0 N–H and O–H groups in total. The van der Waals surface area contributed by atoms with Crippen molar-refractivity contribution in [2.24, 2.45) is 0 Å². The summed E-state index contributed by atoms with van der Waals surface area (Å²) in [6.45, 7) is 3.92. The molecule has 0 aliphatic carbocycles. The van der Waals surface area contributed by atoms with Crippen molar-refractivity contribution in [1.82, 2.24) is 20.0 Å². The average Bonchev–Trinajstić information content (AvgIpc) is 3.11. The molecule has 0 fully saturated rings. The minimum atomic E-state index is 0.0618. The Labute approximate surface area is 187 Å². The molecule has 0 bridgehead atoms. The van der Waals surface area contributed by atoms with E-state index in [0.29, 0.717) is 22.2 Å². The van der Waals surface area contributed by atoms with E-state index in [1.54, 1.807) is 4.68 Å². The van der Waals surface area contributed by atoms with Gasteiger partial charge >= 0.3 is 0 Å². The van der Waals surface area contributed by atoms with Gasteiger partial charge in [0.2, 0.25) is 0 Å². The van der Waals surface area contributed by atoms with E-state index in [9.17, 15) is 4.79 Å². The third-order valence-corrected chi connectivity index (χ3v) is 6.04. The highest BCUT2D eigenvalue weighted by atomic mass is 79.9. The first-order valence-corrected chi connectivity index (χ1v) is 11.2. The van der Waals surface area contributed by atoms with Crippen LogP contribution in [-0.2, 0) is 0 Å². The van der Waals surface area contributed by atoms with Gasteiger partial charge in [-0.15, -0.1) is 10.2 Å². The van der Waals surface area contributed by atoms with E-state index in [1.807, 2.05) is 80.6 Å². The summed E-state index contributed by atoms with van der Waals surface area (Å²) in [5, 5.41) is 13.6. The number of aromatic nitrogens is 4. The van der Waals surface area contributed by atoms with Crippen molar-refractivity contribution < 1.29 is 4.79 Å². The van der Waals surface area contributed by atoms with Crippen molar-refractivity contribution in [3.8, 4) is 16.9 Å². The molecular weight excluding hydrogens is 460 g/mol. The van der Waals surface area contributed by atoms with Crippen molar-refractivity contribution in [1.29, 1.82) is 0 Å². The highest BCUT2D eigenvalue weighted by Crippen LogP contribution is 2.23. The Kier molecular flexibility index (Phi) is 6.11. The highest BCUT2D eigenvalue weighted by Gasteiger charge is 2.10. The van der Waals surface area contributed by atoms with Crippen LogP contribution in [0.3, 0.4) is 0 Å². The van der Waals surface area contributed by atoms with Gasteiger partial charge in [-0.25, -0.2) is 4.68 Å². The van der Waals surface area contributed by atoms with Gasteiger partial charge in [0.25, 0.3) is 0 Å². The molecule has 0 amide bonds. The number of thioether (sulfide) groups is 1. The summed E-state index contributed by atoms with van der Waals surface area (Å²) >= 11 is 4.82. The first-order chi connectivity index (χ1) is 14.5. The Bertz CT molecular complexity index is 1170. The minimum Gasteiger partial charge on any atom is -0.293 e. The Balaban J connectivity index is 1.38. The second kappa shape index (κ2) is 8.93. The van der Waals surface area contributed by atoms with Gasteiger partial charge in [-0.3, -0.25) is 4.79 Å². The monoisotopic (exact) mass is 478 g/mol. The summed E-state index contributed by atoms with van der Waals surface area (Å²) < 4.78 is 2.80. The molecule has 0 radical (unpaired) electrons. The second-order valence-electron chi connectivity index (χ2n) is 6.86. The molecule has 0 aliphatic rings. The number of ketones is 1. The van der Waals surface area contributed by atoms with Crippen molar-refractivity contribution in [3.05, 3.63) is 88.2 Å². The van der Waals surface area contributed by atoms with Crippen molar-refractivity contribution in [2.45, 2.75) is 18.9 Å². The maximum Gasteiger partial charge on any atom is 0.175 e. The summed E-state index contributed by atoms with van der Waals surface area (Å²) in [6.07, 6.45) is 0. The van der Waals surface area contributed by atoms with Crippen molar-refractivity contribution in [3.63, 3.8) is 0 Å². The van der Waals surface area contributed by atoms with Gasteiger partial charge in [0.05, 0.1) is 11.4 Å². The number of aryl methyl sites for hydroxylation is 2. The number of hydrogen-bond donors (Lipinski definition) is 0. The van der Waals surface area contributed by atoms with Crippen LogP contribution in [-0.4, -0.2) is 31.5 Å². The van der Waals surface area contributed by atoms with Gasteiger partial charge < -0.3 is 0 Å². The first kappa shape index (κ1) is 20.5. The van der Waals surface area contributed by atoms with Crippen LogP contribution in [0.1, 0.15) is 21.7 Å². The van der Waals surface area contributed by atoms with Crippen LogP contribution in [0.5, 0.6) is 0 Å². The Hall–Kier alpha value is -2.77. The Morgan fingerprint density at radius 2 is 1.60 bits per heavy atom. The molecule has 0 unspecified atom stereocenters. The van der Waals surface area contributed by atoms with Gasteiger partial charge in [0, 0.05) is 15.7 Å². The van der Waals surface area contributed by atoms with Gasteiger partial charge in [0.15, 0.2) is 11.6 Å². The number of hydrogen-bond acceptors (Lipinski definition) is 5. The van der Waals surface area contributed by atoms with Gasteiger partial charge in [-0.05, 0) is 55.3 Å². The Morgan fingerprint density at radius 3 is 2.17 bits per heavy atom. The first-order valence-electron chi connectivity index (χ1n) is 9.39. The van der Waals surface area contributed by atoms with E-state index >= 15 is 0 Å². The fourth-order valence-electron chi connectivity index (χ4n) is 3.08. The van der Waals surface area contributed by atoms with E-state index in [2.05, 4.69) is 31.2 Å². The third kappa shape index (κ3) is 4.68. The molecule has 150 valence electrons. The zero-order chi connectivity index (χ0) is 21.1. The van der Waals surface area contributed by atoms with Crippen LogP contribution in [0, 0.1) is 13.8 Å².